The predicted octanol–water partition coefficient (Wildman–Crippen LogP) is 3.40. The Labute approximate surface area is 107 Å². The Hall–Kier alpha value is -2.38. The topological polar surface area (TPSA) is 30.0 Å². The van der Waals surface area contributed by atoms with Crippen LogP contribution in [0.2, 0.25) is 0 Å². The van der Waals surface area contributed by atoms with Crippen LogP contribution in [0, 0.1) is 35.0 Å². The van der Waals surface area contributed by atoms with Crippen LogP contribution >= 0.6 is 0 Å². The molecule has 0 amide bonds. The fraction of sp³-hybridized carbons (Fsp3) is 0. The molecule has 0 N–H and O–H groups in total. The fourth-order valence-corrected chi connectivity index (χ4v) is 1.55. The van der Waals surface area contributed by atoms with Gasteiger partial charge in [0.15, 0.2) is 29.6 Å². The van der Waals surface area contributed by atoms with E-state index in [4.69, 9.17) is 0 Å². The number of hydrogen-bond acceptors (Lipinski definition) is 2. The Bertz CT molecular complexity index is 687. The third-order valence-corrected chi connectivity index (χ3v) is 2.48. The average Bonchev–Trinajstić information content (AvgIpc) is 2.45. The van der Waals surface area contributed by atoms with Crippen LogP contribution in [0.1, 0.15) is 10.4 Å². The highest BCUT2D eigenvalue weighted by Crippen LogP contribution is 2.32. The molecular weight excluding hydrogens is 288 g/mol. The lowest BCUT2D eigenvalue weighted by Crippen LogP contribution is -2.06. The first-order chi connectivity index (χ1) is 9.38. The van der Waals surface area contributed by atoms with Crippen molar-refractivity contribution in [3.63, 3.8) is 0 Å². The van der Waals surface area contributed by atoms with Gasteiger partial charge in [0.2, 0.25) is 11.8 Å². The van der Waals surface area contributed by atoms with Crippen LogP contribution < -0.4 is 0 Å². The zero-order valence-electron chi connectivity index (χ0n) is 9.36. The molecule has 0 atom stereocenters. The van der Waals surface area contributed by atoms with E-state index in [0.29, 0.717) is 6.07 Å². The molecule has 2 rings (SSSR count). The van der Waals surface area contributed by atoms with Crippen LogP contribution in [0.15, 0.2) is 12.3 Å². The molecular formula is C12H3F6NO. The SMILES string of the molecule is O=Cc1cnc(F)c(-c2c(F)c(F)c(F)c(F)c2F)c1. The fourth-order valence-electron chi connectivity index (χ4n) is 1.55. The number of hydrogen-bond donors (Lipinski definition) is 0. The van der Waals surface area contributed by atoms with E-state index in [2.05, 4.69) is 4.98 Å². The Morgan fingerprint density at radius 3 is 1.85 bits per heavy atom. The molecule has 8 heteroatoms. The number of aldehydes is 1. The van der Waals surface area contributed by atoms with Gasteiger partial charge in [-0.05, 0) is 6.07 Å². The normalized spacial score (nSPS) is 10.7. The lowest BCUT2D eigenvalue weighted by Gasteiger charge is -2.09. The van der Waals surface area contributed by atoms with E-state index in [1.165, 1.54) is 0 Å². The molecule has 0 saturated carbocycles. The minimum atomic E-state index is -2.36. The summed E-state index contributed by atoms with van der Waals surface area (Å²) >= 11 is 0. The predicted molar refractivity (Wildman–Crippen MR) is 54.8 cm³/mol. The van der Waals surface area contributed by atoms with Crippen molar-refractivity contribution in [2.75, 3.05) is 0 Å². The van der Waals surface area contributed by atoms with Gasteiger partial charge in [-0.15, -0.1) is 0 Å². The van der Waals surface area contributed by atoms with E-state index in [0.717, 1.165) is 6.20 Å². The molecule has 1 heterocycles. The lowest BCUT2D eigenvalue weighted by atomic mass is 10.0. The second-order valence-electron chi connectivity index (χ2n) is 3.67. The summed E-state index contributed by atoms with van der Waals surface area (Å²) in [5, 5.41) is 0. The number of pyridine rings is 1. The number of nitrogens with zero attached hydrogens (tertiary/aromatic N) is 1. The maximum atomic E-state index is 13.5. The highest BCUT2D eigenvalue weighted by atomic mass is 19.2. The van der Waals surface area contributed by atoms with Gasteiger partial charge >= 0.3 is 0 Å². The molecule has 20 heavy (non-hydrogen) atoms. The first kappa shape index (κ1) is 14.0. The van der Waals surface area contributed by atoms with Gasteiger partial charge in [0.05, 0.1) is 5.56 Å². The zero-order chi connectivity index (χ0) is 15.0. The molecule has 0 bridgehead atoms. The van der Waals surface area contributed by atoms with Gasteiger partial charge in [-0.25, -0.2) is 26.9 Å². The quantitative estimate of drug-likeness (QED) is 0.279. The smallest absolute Gasteiger partial charge is 0.220 e. The van der Waals surface area contributed by atoms with Gasteiger partial charge in [-0.1, -0.05) is 0 Å². The Balaban J connectivity index is 2.86. The molecule has 0 aliphatic carbocycles. The molecule has 0 saturated heterocycles. The molecule has 0 spiro atoms. The number of carbonyl (C=O) groups excluding carboxylic acids is 1. The zero-order valence-corrected chi connectivity index (χ0v) is 9.36. The van der Waals surface area contributed by atoms with Crippen molar-refractivity contribution in [3.8, 4) is 11.1 Å². The summed E-state index contributed by atoms with van der Waals surface area (Å²) in [6.45, 7) is 0. The Kier molecular flexibility index (Phi) is 3.47. The summed E-state index contributed by atoms with van der Waals surface area (Å²) in [6, 6.07) is 0.633. The summed E-state index contributed by atoms with van der Waals surface area (Å²) in [5.41, 5.74) is -2.76. The second-order valence-corrected chi connectivity index (χ2v) is 3.67. The maximum absolute atomic E-state index is 13.5. The Morgan fingerprint density at radius 2 is 1.35 bits per heavy atom. The third kappa shape index (κ3) is 2.02. The van der Waals surface area contributed by atoms with Crippen molar-refractivity contribution < 1.29 is 31.1 Å². The summed E-state index contributed by atoms with van der Waals surface area (Å²) < 4.78 is 79.3. The molecule has 2 aromatic rings. The van der Waals surface area contributed by atoms with E-state index < -0.39 is 46.2 Å². The maximum Gasteiger partial charge on any atom is 0.220 e. The highest BCUT2D eigenvalue weighted by Gasteiger charge is 2.28. The van der Waals surface area contributed by atoms with Crippen LogP contribution in [0.5, 0.6) is 0 Å². The first-order valence-electron chi connectivity index (χ1n) is 5.01. The molecule has 2 nitrogen and oxygen atoms in total. The first-order valence-corrected chi connectivity index (χ1v) is 5.01. The Morgan fingerprint density at radius 1 is 0.850 bits per heavy atom. The largest absolute Gasteiger partial charge is 0.298 e. The summed E-state index contributed by atoms with van der Waals surface area (Å²) in [4.78, 5) is 13.5. The van der Waals surface area contributed by atoms with Crippen molar-refractivity contribution in [1.29, 1.82) is 0 Å². The summed E-state index contributed by atoms with van der Waals surface area (Å²) in [7, 11) is 0. The van der Waals surface area contributed by atoms with Crippen molar-refractivity contribution in [2.24, 2.45) is 0 Å². The number of rotatable bonds is 2. The lowest BCUT2D eigenvalue weighted by molar-refractivity contribution is 0.112. The van der Waals surface area contributed by atoms with E-state index in [-0.39, 0.29) is 11.8 Å². The summed E-state index contributed by atoms with van der Waals surface area (Å²) in [6.07, 6.45) is 0.930. The number of aromatic nitrogens is 1. The van der Waals surface area contributed by atoms with Crippen molar-refractivity contribution in [2.45, 2.75) is 0 Å². The molecule has 0 fully saturated rings. The molecule has 0 unspecified atom stereocenters. The number of benzene rings is 1. The molecule has 0 aliphatic rings. The van der Waals surface area contributed by atoms with Gasteiger partial charge in [0, 0.05) is 17.3 Å². The molecule has 1 aromatic carbocycles. The van der Waals surface area contributed by atoms with Gasteiger partial charge < -0.3 is 0 Å². The monoisotopic (exact) mass is 291 g/mol. The van der Waals surface area contributed by atoms with Gasteiger partial charge in [-0.2, -0.15) is 4.39 Å². The van der Waals surface area contributed by atoms with Crippen LogP contribution in [-0.4, -0.2) is 11.3 Å². The van der Waals surface area contributed by atoms with E-state index >= 15 is 0 Å². The van der Waals surface area contributed by atoms with E-state index in [1.807, 2.05) is 0 Å². The standard InChI is InChI=1S/C12H3F6NO/c13-7-6(8(14)10(16)11(17)9(7)15)5-1-4(3-20)2-19-12(5)18/h1-3H. The van der Waals surface area contributed by atoms with Crippen LogP contribution in [0.4, 0.5) is 26.3 Å². The molecule has 104 valence electrons. The van der Waals surface area contributed by atoms with Crippen LogP contribution in [-0.2, 0) is 0 Å². The third-order valence-electron chi connectivity index (χ3n) is 2.48. The van der Waals surface area contributed by atoms with E-state index in [9.17, 15) is 31.1 Å². The van der Waals surface area contributed by atoms with Gasteiger partial charge in [0.25, 0.3) is 0 Å². The van der Waals surface area contributed by atoms with Crippen LogP contribution in [0.25, 0.3) is 11.1 Å². The van der Waals surface area contributed by atoms with E-state index in [1.54, 1.807) is 0 Å². The van der Waals surface area contributed by atoms with Gasteiger partial charge in [0.1, 0.15) is 0 Å². The number of carbonyl (C=O) groups is 1. The second kappa shape index (κ2) is 4.95. The highest BCUT2D eigenvalue weighted by molar-refractivity contribution is 5.78. The van der Waals surface area contributed by atoms with Crippen molar-refractivity contribution >= 4 is 6.29 Å². The van der Waals surface area contributed by atoms with Crippen molar-refractivity contribution in [1.82, 2.24) is 4.98 Å². The van der Waals surface area contributed by atoms with Gasteiger partial charge in [-0.3, -0.25) is 4.79 Å². The average molecular weight is 291 g/mol. The number of halogens is 6. The molecule has 0 aliphatic heterocycles. The summed E-state index contributed by atoms with van der Waals surface area (Å²) in [5.74, 6) is -12.7. The van der Waals surface area contributed by atoms with Crippen LogP contribution in [0.3, 0.4) is 0 Å². The minimum Gasteiger partial charge on any atom is -0.298 e. The minimum absolute atomic E-state index is 0.183. The molecule has 0 radical (unpaired) electrons. The van der Waals surface area contributed by atoms with Crippen molar-refractivity contribution in [3.05, 3.63) is 52.9 Å². The molecule has 1 aromatic heterocycles.